The normalized spacial score (nSPS) is 20.6. The molecule has 0 aromatic heterocycles. The molecule has 1 fully saturated rings. The molecule has 0 bridgehead atoms. The quantitative estimate of drug-likeness (QED) is 0.858. The summed E-state index contributed by atoms with van der Waals surface area (Å²) < 4.78 is 6.28. The fourth-order valence-corrected chi connectivity index (χ4v) is 4.20. The van der Waals surface area contributed by atoms with E-state index in [4.69, 9.17) is 4.74 Å². The van der Waals surface area contributed by atoms with Crippen molar-refractivity contribution in [2.45, 2.75) is 45.6 Å². The molecule has 2 aromatic rings. The summed E-state index contributed by atoms with van der Waals surface area (Å²) in [6.45, 7) is 6.90. The van der Waals surface area contributed by atoms with Gasteiger partial charge in [0, 0.05) is 18.5 Å². The number of phenols is 1. The van der Waals surface area contributed by atoms with Gasteiger partial charge in [-0.05, 0) is 62.8 Å². The lowest BCUT2D eigenvalue weighted by Crippen LogP contribution is -2.34. The summed E-state index contributed by atoms with van der Waals surface area (Å²) in [5.74, 6) is 1.40. The van der Waals surface area contributed by atoms with Crippen LogP contribution in [0.1, 0.15) is 43.4 Å². The van der Waals surface area contributed by atoms with E-state index < -0.39 is 5.60 Å². The van der Waals surface area contributed by atoms with E-state index in [0.717, 1.165) is 53.0 Å². The molecule has 2 heterocycles. The van der Waals surface area contributed by atoms with Crippen molar-refractivity contribution in [1.82, 2.24) is 5.32 Å². The molecular weight excluding hydrogens is 326 g/mol. The lowest BCUT2D eigenvalue weighted by molar-refractivity contribution is -0.123. The number of rotatable bonds is 2. The van der Waals surface area contributed by atoms with Crippen molar-refractivity contribution in [2.24, 2.45) is 5.92 Å². The molecule has 2 aliphatic rings. The van der Waals surface area contributed by atoms with Crippen LogP contribution in [-0.4, -0.2) is 17.6 Å². The third-order valence-electron chi connectivity index (χ3n) is 5.47. The molecule has 4 heteroatoms. The Morgan fingerprint density at radius 1 is 1.27 bits per heavy atom. The average Bonchev–Trinajstić information content (AvgIpc) is 2.53. The van der Waals surface area contributed by atoms with E-state index in [0.29, 0.717) is 12.3 Å². The smallest absolute Gasteiger partial charge is 0.220 e. The Morgan fingerprint density at radius 2 is 2.08 bits per heavy atom. The van der Waals surface area contributed by atoms with Crippen molar-refractivity contribution in [2.75, 3.05) is 6.54 Å². The van der Waals surface area contributed by atoms with Gasteiger partial charge in [-0.3, -0.25) is 4.79 Å². The summed E-state index contributed by atoms with van der Waals surface area (Å²) in [5.41, 5.74) is 4.62. The summed E-state index contributed by atoms with van der Waals surface area (Å²) in [6.07, 6.45) is 2.29. The van der Waals surface area contributed by atoms with Crippen molar-refractivity contribution in [1.29, 1.82) is 0 Å². The van der Waals surface area contributed by atoms with Gasteiger partial charge in [0.15, 0.2) is 0 Å². The Morgan fingerprint density at radius 3 is 2.85 bits per heavy atom. The Kier molecular flexibility index (Phi) is 3.94. The Bertz CT molecular complexity index is 885. The van der Waals surface area contributed by atoms with E-state index in [1.54, 1.807) is 0 Å². The van der Waals surface area contributed by atoms with Crippen LogP contribution in [0.15, 0.2) is 30.3 Å². The van der Waals surface area contributed by atoms with Gasteiger partial charge in [0.25, 0.3) is 0 Å². The predicted octanol–water partition coefficient (Wildman–Crippen LogP) is 4.06. The van der Waals surface area contributed by atoms with Gasteiger partial charge in [0.05, 0.1) is 5.56 Å². The Labute approximate surface area is 154 Å². The summed E-state index contributed by atoms with van der Waals surface area (Å²) in [4.78, 5) is 11.6. The molecule has 0 aliphatic carbocycles. The van der Waals surface area contributed by atoms with E-state index in [1.165, 1.54) is 0 Å². The first-order valence-electron chi connectivity index (χ1n) is 9.26. The molecule has 1 atom stereocenters. The van der Waals surface area contributed by atoms with Crippen molar-refractivity contribution < 1.29 is 14.6 Å². The van der Waals surface area contributed by atoms with Gasteiger partial charge in [0.2, 0.25) is 5.91 Å². The second-order valence-corrected chi connectivity index (χ2v) is 8.06. The van der Waals surface area contributed by atoms with Crippen LogP contribution in [0.2, 0.25) is 0 Å². The highest BCUT2D eigenvalue weighted by Crippen LogP contribution is 2.49. The number of benzene rings is 2. The van der Waals surface area contributed by atoms with Crippen molar-refractivity contribution in [3.05, 3.63) is 47.0 Å². The molecule has 2 aromatic carbocycles. The first kappa shape index (κ1) is 17.0. The second kappa shape index (κ2) is 6.04. The highest BCUT2D eigenvalue weighted by Gasteiger charge is 2.34. The number of amides is 1. The fourth-order valence-electron chi connectivity index (χ4n) is 4.20. The molecule has 2 N–H and O–H groups in total. The van der Waals surface area contributed by atoms with Crippen molar-refractivity contribution >= 4 is 5.91 Å². The number of fused-ring (bicyclic) bond motifs is 3. The maximum atomic E-state index is 11.6. The molecule has 26 heavy (non-hydrogen) atoms. The molecular formula is C22H25NO3. The minimum Gasteiger partial charge on any atom is -0.507 e. The van der Waals surface area contributed by atoms with Gasteiger partial charge in [-0.15, -0.1) is 0 Å². The van der Waals surface area contributed by atoms with Crippen LogP contribution < -0.4 is 10.1 Å². The van der Waals surface area contributed by atoms with Gasteiger partial charge in [-0.1, -0.05) is 23.8 Å². The predicted molar refractivity (Wildman–Crippen MR) is 101 cm³/mol. The zero-order valence-corrected chi connectivity index (χ0v) is 15.6. The first-order valence-corrected chi connectivity index (χ1v) is 9.26. The van der Waals surface area contributed by atoms with Crippen molar-refractivity contribution in [3.63, 3.8) is 0 Å². The van der Waals surface area contributed by atoms with Gasteiger partial charge in [-0.2, -0.15) is 0 Å². The standard InChI is InChI=1S/C22H25NO3/c1-13-4-5-17-16(8-13)21-18(24)10-15(11-19(21)26-22(17,2)3)9-14-6-7-23-20(25)12-14/h4-5,8,10-11,14,24H,6-7,9,12H2,1-3H3,(H,23,25). The van der Waals surface area contributed by atoms with E-state index in [1.807, 2.05) is 12.1 Å². The molecule has 1 amide bonds. The minimum absolute atomic E-state index is 0.116. The maximum Gasteiger partial charge on any atom is 0.220 e. The molecule has 1 saturated heterocycles. The molecule has 1 unspecified atom stereocenters. The maximum absolute atomic E-state index is 11.6. The average molecular weight is 351 g/mol. The molecule has 2 aliphatic heterocycles. The van der Waals surface area contributed by atoms with Crippen LogP contribution >= 0.6 is 0 Å². The van der Waals surface area contributed by atoms with Crippen LogP contribution in [0.25, 0.3) is 11.1 Å². The molecule has 4 rings (SSSR count). The van der Waals surface area contributed by atoms with Crippen LogP contribution in [0.3, 0.4) is 0 Å². The fraction of sp³-hybridized carbons (Fsp3) is 0.409. The number of hydrogen-bond donors (Lipinski definition) is 2. The summed E-state index contributed by atoms with van der Waals surface area (Å²) >= 11 is 0. The Hall–Kier alpha value is -2.49. The molecule has 0 radical (unpaired) electrons. The number of ether oxygens (including phenoxy) is 1. The highest BCUT2D eigenvalue weighted by atomic mass is 16.5. The summed E-state index contributed by atoms with van der Waals surface area (Å²) in [7, 11) is 0. The van der Waals surface area contributed by atoms with Crippen molar-refractivity contribution in [3.8, 4) is 22.6 Å². The second-order valence-electron chi connectivity index (χ2n) is 8.06. The summed E-state index contributed by atoms with van der Waals surface area (Å²) in [6, 6.07) is 10.1. The van der Waals surface area contributed by atoms with E-state index in [9.17, 15) is 9.90 Å². The van der Waals surface area contributed by atoms with Crippen LogP contribution in [0, 0.1) is 12.8 Å². The largest absolute Gasteiger partial charge is 0.507 e. The number of hydrogen-bond acceptors (Lipinski definition) is 3. The lowest BCUT2D eigenvalue weighted by atomic mass is 9.83. The number of carbonyl (C=O) groups is 1. The lowest BCUT2D eigenvalue weighted by Gasteiger charge is -2.36. The summed E-state index contributed by atoms with van der Waals surface area (Å²) in [5, 5.41) is 13.6. The van der Waals surface area contributed by atoms with E-state index in [2.05, 4.69) is 44.3 Å². The molecule has 136 valence electrons. The first-order chi connectivity index (χ1) is 12.3. The van der Waals surface area contributed by atoms with Gasteiger partial charge in [0.1, 0.15) is 17.1 Å². The van der Waals surface area contributed by atoms with Gasteiger partial charge < -0.3 is 15.2 Å². The number of carbonyl (C=O) groups excluding carboxylic acids is 1. The number of aryl methyl sites for hydroxylation is 1. The van der Waals surface area contributed by atoms with Crippen LogP contribution in [0.4, 0.5) is 0 Å². The number of nitrogens with one attached hydrogen (secondary N) is 1. The van der Waals surface area contributed by atoms with E-state index >= 15 is 0 Å². The third kappa shape index (κ3) is 2.94. The zero-order chi connectivity index (χ0) is 18.5. The van der Waals surface area contributed by atoms with Crippen LogP contribution in [0.5, 0.6) is 11.5 Å². The van der Waals surface area contributed by atoms with Gasteiger partial charge in [-0.25, -0.2) is 0 Å². The number of phenolic OH excluding ortho intramolecular Hbond substituents is 1. The SMILES string of the molecule is Cc1ccc2c(c1)-c1c(O)cc(CC3CCNC(=O)C3)cc1OC2(C)C. The van der Waals surface area contributed by atoms with Crippen LogP contribution in [-0.2, 0) is 16.8 Å². The monoisotopic (exact) mass is 351 g/mol. The number of aromatic hydroxyl groups is 1. The third-order valence-corrected chi connectivity index (χ3v) is 5.47. The zero-order valence-electron chi connectivity index (χ0n) is 15.6. The molecule has 4 nitrogen and oxygen atoms in total. The topological polar surface area (TPSA) is 58.6 Å². The molecule has 0 saturated carbocycles. The minimum atomic E-state index is -0.453. The van der Waals surface area contributed by atoms with E-state index in [-0.39, 0.29) is 11.7 Å². The highest BCUT2D eigenvalue weighted by molar-refractivity contribution is 5.82. The Balaban J connectivity index is 1.74. The number of piperidine rings is 1. The van der Waals surface area contributed by atoms with Gasteiger partial charge >= 0.3 is 0 Å². The molecule has 0 spiro atoms.